The lowest BCUT2D eigenvalue weighted by Gasteiger charge is -2.12. The van der Waals surface area contributed by atoms with Gasteiger partial charge in [0.15, 0.2) is 0 Å². The minimum atomic E-state index is -0.0826. The summed E-state index contributed by atoms with van der Waals surface area (Å²) in [5, 5.41) is 3.01. The predicted octanol–water partition coefficient (Wildman–Crippen LogP) is 5.86. The van der Waals surface area contributed by atoms with Crippen LogP contribution in [0.2, 0.25) is 0 Å². The molecule has 1 amide bonds. The second-order valence-electron chi connectivity index (χ2n) is 8.13. The molecule has 1 heterocycles. The maximum Gasteiger partial charge on any atom is 0.251 e. The third-order valence-electron chi connectivity index (χ3n) is 5.73. The summed E-state index contributed by atoms with van der Waals surface area (Å²) in [5.41, 5.74) is 5.23. The fourth-order valence-electron chi connectivity index (χ4n) is 3.80. The van der Waals surface area contributed by atoms with Crippen LogP contribution in [-0.4, -0.2) is 28.6 Å². The van der Waals surface area contributed by atoms with Gasteiger partial charge in [0.25, 0.3) is 5.91 Å². The first-order valence-corrected chi connectivity index (χ1v) is 12.0. The van der Waals surface area contributed by atoms with Crippen LogP contribution >= 0.6 is 15.9 Å². The molecular formula is C27H28BrN3O2. The van der Waals surface area contributed by atoms with E-state index in [-0.39, 0.29) is 5.91 Å². The number of fused-ring (bicyclic) bond motifs is 1. The number of halogens is 1. The second-order valence-corrected chi connectivity index (χ2v) is 9.05. The van der Waals surface area contributed by atoms with E-state index in [0.717, 1.165) is 40.0 Å². The normalized spacial score (nSPS) is 11.0. The molecule has 0 aliphatic carbocycles. The van der Waals surface area contributed by atoms with Crippen LogP contribution in [0, 0.1) is 13.8 Å². The zero-order chi connectivity index (χ0) is 23.2. The van der Waals surface area contributed by atoms with Crippen molar-refractivity contribution in [2.24, 2.45) is 0 Å². The number of aromatic nitrogens is 2. The Morgan fingerprint density at radius 3 is 2.70 bits per heavy atom. The van der Waals surface area contributed by atoms with Gasteiger partial charge in [-0.25, -0.2) is 4.98 Å². The number of amides is 1. The van der Waals surface area contributed by atoms with Crippen LogP contribution in [0.4, 0.5) is 0 Å². The lowest BCUT2D eigenvalue weighted by molar-refractivity contribution is 0.0954. The van der Waals surface area contributed by atoms with Gasteiger partial charge in [-0.15, -0.1) is 0 Å². The van der Waals surface area contributed by atoms with Crippen molar-refractivity contribution in [1.29, 1.82) is 0 Å². The molecule has 0 aliphatic heterocycles. The Bertz CT molecular complexity index is 1270. The number of aryl methyl sites for hydroxylation is 3. The molecule has 0 spiro atoms. The van der Waals surface area contributed by atoms with Gasteiger partial charge in [0.05, 0.1) is 17.6 Å². The molecule has 4 rings (SSSR count). The number of nitrogens with one attached hydrogen (secondary N) is 1. The molecule has 0 saturated heterocycles. The van der Waals surface area contributed by atoms with Crippen molar-refractivity contribution in [3.8, 4) is 5.75 Å². The minimum absolute atomic E-state index is 0.0826. The number of carbonyl (C=O) groups excluding carboxylic acids is 1. The molecule has 0 unspecified atom stereocenters. The predicted molar refractivity (Wildman–Crippen MR) is 136 cm³/mol. The molecule has 6 heteroatoms. The van der Waals surface area contributed by atoms with Crippen molar-refractivity contribution in [3.05, 3.63) is 93.7 Å². The van der Waals surface area contributed by atoms with Crippen molar-refractivity contribution in [2.45, 2.75) is 33.2 Å². The highest BCUT2D eigenvalue weighted by Gasteiger charge is 2.12. The first-order chi connectivity index (χ1) is 16.0. The quantitative estimate of drug-likeness (QED) is 0.290. The highest BCUT2D eigenvalue weighted by Crippen LogP contribution is 2.19. The van der Waals surface area contributed by atoms with Gasteiger partial charge in [0, 0.05) is 29.5 Å². The molecular weight excluding hydrogens is 478 g/mol. The van der Waals surface area contributed by atoms with Gasteiger partial charge in [0.1, 0.15) is 11.6 Å². The number of rotatable bonds is 9. The molecule has 0 aliphatic rings. The van der Waals surface area contributed by atoms with Gasteiger partial charge >= 0.3 is 0 Å². The molecule has 5 nitrogen and oxygen atoms in total. The summed E-state index contributed by atoms with van der Waals surface area (Å²) in [4.78, 5) is 17.3. The van der Waals surface area contributed by atoms with Gasteiger partial charge in [-0.05, 0) is 73.9 Å². The van der Waals surface area contributed by atoms with E-state index in [0.29, 0.717) is 25.1 Å². The number of imidazole rings is 1. The molecule has 33 heavy (non-hydrogen) atoms. The van der Waals surface area contributed by atoms with Crippen LogP contribution in [0.5, 0.6) is 5.75 Å². The fraction of sp³-hybridized carbons (Fsp3) is 0.259. The topological polar surface area (TPSA) is 56.1 Å². The number of carbonyl (C=O) groups is 1. The Labute approximate surface area is 202 Å². The summed E-state index contributed by atoms with van der Waals surface area (Å²) in [6, 6.07) is 21.7. The summed E-state index contributed by atoms with van der Waals surface area (Å²) in [6.07, 6.45) is 1.52. The zero-order valence-electron chi connectivity index (χ0n) is 19.0. The Kier molecular flexibility index (Phi) is 7.45. The number of ether oxygens (including phenoxy) is 1. The molecule has 0 atom stereocenters. The van der Waals surface area contributed by atoms with E-state index >= 15 is 0 Å². The average molecular weight is 506 g/mol. The Hall–Kier alpha value is -3.12. The molecule has 0 bridgehead atoms. The molecule has 0 fully saturated rings. The van der Waals surface area contributed by atoms with Crippen LogP contribution in [0.25, 0.3) is 11.0 Å². The van der Waals surface area contributed by atoms with Gasteiger partial charge < -0.3 is 14.6 Å². The van der Waals surface area contributed by atoms with Crippen LogP contribution in [0.15, 0.2) is 71.2 Å². The highest BCUT2D eigenvalue weighted by atomic mass is 79.9. The van der Waals surface area contributed by atoms with Crippen molar-refractivity contribution >= 4 is 32.9 Å². The molecule has 0 radical (unpaired) electrons. The van der Waals surface area contributed by atoms with Crippen molar-refractivity contribution in [3.63, 3.8) is 0 Å². The smallest absolute Gasteiger partial charge is 0.251 e. The molecule has 0 saturated carbocycles. The van der Waals surface area contributed by atoms with E-state index in [2.05, 4.69) is 57.9 Å². The van der Waals surface area contributed by atoms with Gasteiger partial charge in [0.2, 0.25) is 0 Å². The van der Waals surface area contributed by atoms with Gasteiger partial charge in [-0.1, -0.05) is 40.2 Å². The van der Waals surface area contributed by atoms with Crippen LogP contribution in [-0.2, 0) is 13.0 Å². The summed E-state index contributed by atoms with van der Waals surface area (Å²) in [5.74, 6) is 1.79. The Morgan fingerprint density at radius 1 is 1.03 bits per heavy atom. The van der Waals surface area contributed by atoms with E-state index in [4.69, 9.17) is 9.72 Å². The summed E-state index contributed by atoms with van der Waals surface area (Å²) in [6.45, 7) is 6.16. The van der Waals surface area contributed by atoms with Crippen molar-refractivity contribution in [2.75, 3.05) is 13.2 Å². The minimum Gasteiger partial charge on any atom is -0.494 e. The highest BCUT2D eigenvalue weighted by molar-refractivity contribution is 9.10. The van der Waals surface area contributed by atoms with Crippen molar-refractivity contribution in [1.82, 2.24) is 14.9 Å². The standard InChI is InChI=1S/C27H28BrN3O2/c1-19-11-12-23(17-20(19)2)33-16-6-15-31-25-10-4-3-9-24(25)30-26(31)13-14-29-27(32)21-7-5-8-22(28)18-21/h3-5,7-12,17-18H,6,13-16H2,1-2H3,(H,29,32). The monoisotopic (exact) mass is 505 g/mol. The first-order valence-electron chi connectivity index (χ1n) is 11.2. The second kappa shape index (κ2) is 10.7. The zero-order valence-corrected chi connectivity index (χ0v) is 20.6. The van der Waals surface area contributed by atoms with Crippen LogP contribution in [0.3, 0.4) is 0 Å². The lowest BCUT2D eigenvalue weighted by atomic mass is 10.1. The third kappa shape index (κ3) is 5.82. The summed E-state index contributed by atoms with van der Waals surface area (Å²) < 4.78 is 9.10. The molecule has 1 aromatic heterocycles. The maximum atomic E-state index is 12.5. The molecule has 4 aromatic rings. The molecule has 1 N–H and O–H groups in total. The van der Waals surface area contributed by atoms with Gasteiger partial charge in [-0.3, -0.25) is 4.79 Å². The van der Waals surface area contributed by atoms with Crippen molar-refractivity contribution < 1.29 is 9.53 Å². The summed E-state index contributed by atoms with van der Waals surface area (Å²) in [7, 11) is 0. The van der Waals surface area contributed by atoms with E-state index in [9.17, 15) is 4.79 Å². The SMILES string of the molecule is Cc1ccc(OCCCn2c(CCNC(=O)c3cccc(Br)c3)nc3ccccc32)cc1C. The largest absolute Gasteiger partial charge is 0.494 e. The first kappa shape index (κ1) is 23.1. The lowest BCUT2D eigenvalue weighted by Crippen LogP contribution is -2.26. The third-order valence-corrected chi connectivity index (χ3v) is 6.22. The maximum absolute atomic E-state index is 12.5. The number of hydrogen-bond acceptors (Lipinski definition) is 3. The fourth-order valence-corrected chi connectivity index (χ4v) is 4.20. The molecule has 170 valence electrons. The Balaban J connectivity index is 1.37. The molecule has 3 aromatic carbocycles. The van der Waals surface area contributed by atoms with Crippen LogP contribution < -0.4 is 10.1 Å². The van der Waals surface area contributed by atoms with Gasteiger partial charge in [-0.2, -0.15) is 0 Å². The Morgan fingerprint density at radius 2 is 1.88 bits per heavy atom. The van der Waals surface area contributed by atoms with E-state index < -0.39 is 0 Å². The van der Waals surface area contributed by atoms with E-state index in [1.54, 1.807) is 0 Å². The van der Waals surface area contributed by atoms with Crippen LogP contribution in [0.1, 0.15) is 33.7 Å². The van der Waals surface area contributed by atoms with E-state index in [1.165, 1.54) is 11.1 Å². The number of para-hydroxylation sites is 2. The summed E-state index contributed by atoms with van der Waals surface area (Å²) >= 11 is 3.41. The number of hydrogen-bond donors (Lipinski definition) is 1. The number of benzene rings is 3. The average Bonchev–Trinajstić information content (AvgIpc) is 3.16. The van der Waals surface area contributed by atoms with E-state index in [1.807, 2.05) is 48.5 Å². The number of nitrogens with zero attached hydrogens (tertiary/aromatic N) is 2.